The van der Waals surface area contributed by atoms with Gasteiger partial charge in [0, 0.05) is 4.88 Å². The molecular formula is C14H21NO3S. The molecule has 1 atom stereocenters. The van der Waals surface area contributed by atoms with Gasteiger partial charge in [0.1, 0.15) is 6.04 Å². The van der Waals surface area contributed by atoms with Crippen LogP contribution in [0.3, 0.4) is 0 Å². The smallest absolute Gasteiger partial charge is 0.326 e. The minimum absolute atomic E-state index is 0.141. The van der Waals surface area contributed by atoms with Crippen molar-refractivity contribution in [3.05, 3.63) is 21.4 Å². The zero-order valence-corrected chi connectivity index (χ0v) is 12.6. The second-order valence-corrected chi connectivity index (χ2v) is 6.23. The standard InChI is InChI=1S/C14H21NO3S/c1-5-6-10-7-11(19-9(10)4)13(16)15-12(8(2)3)14(17)18/h7-8,12H,5-6H2,1-4H3,(H,15,16)(H,17,18)/t12-/m0/s1. The summed E-state index contributed by atoms with van der Waals surface area (Å²) < 4.78 is 0. The van der Waals surface area contributed by atoms with Crippen LogP contribution in [-0.4, -0.2) is 23.0 Å². The van der Waals surface area contributed by atoms with E-state index in [9.17, 15) is 9.59 Å². The van der Waals surface area contributed by atoms with Crippen LogP contribution < -0.4 is 5.32 Å². The van der Waals surface area contributed by atoms with E-state index in [1.807, 2.05) is 13.0 Å². The van der Waals surface area contributed by atoms with Crippen LogP contribution >= 0.6 is 11.3 Å². The fourth-order valence-corrected chi connectivity index (χ4v) is 2.85. The quantitative estimate of drug-likeness (QED) is 0.843. The van der Waals surface area contributed by atoms with Crippen molar-refractivity contribution >= 4 is 23.2 Å². The van der Waals surface area contributed by atoms with Crippen LogP contribution in [0, 0.1) is 12.8 Å². The first kappa shape index (κ1) is 15.7. The third kappa shape index (κ3) is 4.06. The Morgan fingerprint density at radius 3 is 2.53 bits per heavy atom. The van der Waals surface area contributed by atoms with Gasteiger partial charge in [0.05, 0.1) is 4.88 Å². The normalized spacial score (nSPS) is 12.5. The largest absolute Gasteiger partial charge is 0.480 e. The molecule has 0 aliphatic rings. The third-order valence-corrected chi connectivity index (χ3v) is 4.07. The number of carbonyl (C=O) groups excluding carboxylic acids is 1. The average molecular weight is 283 g/mol. The summed E-state index contributed by atoms with van der Waals surface area (Å²) in [6, 6.07) is 1.03. The second kappa shape index (κ2) is 6.70. The number of hydrogen-bond acceptors (Lipinski definition) is 3. The topological polar surface area (TPSA) is 66.4 Å². The lowest BCUT2D eigenvalue weighted by Gasteiger charge is -2.17. The summed E-state index contributed by atoms with van der Waals surface area (Å²) in [6.45, 7) is 7.64. The number of thiophene rings is 1. The monoisotopic (exact) mass is 283 g/mol. The highest BCUT2D eigenvalue weighted by atomic mass is 32.1. The van der Waals surface area contributed by atoms with Crippen LogP contribution in [-0.2, 0) is 11.2 Å². The van der Waals surface area contributed by atoms with Crippen LogP contribution in [0.1, 0.15) is 47.3 Å². The zero-order chi connectivity index (χ0) is 14.6. The highest BCUT2D eigenvalue weighted by Crippen LogP contribution is 2.23. The lowest BCUT2D eigenvalue weighted by molar-refractivity contribution is -0.140. The molecule has 0 aliphatic heterocycles. The molecule has 1 heterocycles. The van der Waals surface area contributed by atoms with Gasteiger partial charge in [0.15, 0.2) is 0 Å². The van der Waals surface area contributed by atoms with Gasteiger partial charge in [-0.05, 0) is 30.9 Å². The highest BCUT2D eigenvalue weighted by molar-refractivity contribution is 7.14. The fourth-order valence-electron chi connectivity index (χ4n) is 1.88. The van der Waals surface area contributed by atoms with Crippen molar-refractivity contribution in [1.82, 2.24) is 5.32 Å². The van der Waals surface area contributed by atoms with E-state index in [0.717, 1.165) is 17.7 Å². The van der Waals surface area contributed by atoms with Crippen LogP contribution in [0.15, 0.2) is 6.07 Å². The molecule has 1 aromatic rings. The Morgan fingerprint density at radius 1 is 1.42 bits per heavy atom. The number of aliphatic carboxylic acids is 1. The van der Waals surface area contributed by atoms with E-state index in [1.165, 1.54) is 16.9 Å². The molecule has 0 unspecified atom stereocenters. The molecule has 0 spiro atoms. The summed E-state index contributed by atoms with van der Waals surface area (Å²) in [5.74, 6) is -1.43. The Kier molecular flexibility index (Phi) is 5.54. The molecule has 4 nitrogen and oxygen atoms in total. The van der Waals surface area contributed by atoms with Gasteiger partial charge in [0.25, 0.3) is 5.91 Å². The van der Waals surface area contributed by atoms with Gasteiger partial charge in [-0.1, -0.05) is 27.2 Å². The first-order valence-electron chi connectivity index (χ1n) is 6.49. The van der Waals surface area contributed by atoms with E-state index >= 15 is 0 Å². The van der Waals surface area contributed by atoms with Crippen molar-refractivity contribution < 1.29 is 14.7 Å². The fraction of sp³-hybridized carbons (Fsp3) is 0.571. The van der Waals surface area contributed by atoms with Crippen molar-refractivity contribution in [3.8, 4) is 0 Å². The van der Waals surface area contributed by atoms with Gasteiger partial charge in [-0.25, -0.2) is 4.79 Å². The molecule has 2 N–H and O–H groups in total. The van der Waals surface area contributed by atoms with Gasteiger partial charge in [-0.3, -0.25) is 4.79 Å². The Hall–Kier alpha value is -1.36. The second-order valence-electron chi connectivity index (χ2n) is 4.98. The van der Waals surface area contributed by atoms with Crippen molar-refractivity contribution in [1.29, 1.82) is 0 Å². The van der Waals surface area contributed by atoms with E-state index in [-0.39, 0.29) is 11.8 Å². The van der Waals surface area contributed by atoms with Gasteiger partial charge in [-0.2, -0.15) is 0 Å². The molecule has 1 amide bonds. The first-order chi connectivity index (χ1) is 8.86. The number of rotatable bonds is 6. The van der Waals surface area contributed by atoms with Crippen LogP contribution in [0.5, 0.6) is 0 Å². The molecule has 0 bridgehead atoms. The maximum atomic E-state index is 12.1. The summed E-state index contributed by atoms with van der Waals surface area (Å²) in [4.78, 5) is 24.9. The van der Waals surface area contributed by atoms with Crippen molar-refractivity contribution in [3.63, 3.8) is 0 Å². The van der Waals surface area contributed by atoms with E-state index < -0.39 is 12.0 Å². The Labute approximate surface area is 117 Å². The van der Waals surface area contributed by atoms with Crippen molar-refractivity contribution in [2.24, 2.45) is 5.92 Å². The van der Waals surface area contributed by atoms with Crippen molar-refractivity contribution in [2.45, 2.75) is 46.6 Å². The average Bonchev–Trinajstić information content (AvgIpc) is 2.67. The maximum absolute atomic E-state index is 12.1. The maximum Gasteiger partial charge on any atom is 0.326 e. The number of aryl methyl sites for hydroxylation is 2. The van der Waals surface area contributed by atoms with Gasteiger partial charge >= 0.3 is 5.97 Å². The van der Waals surface area contributed by atoms with Gasteiger partial charge < -0.3 is 10.4 Å². The molecule has 0 aliphatic carbocycles. The summed E-state index contributed by atoms with van der Waals surface area (Å²) in [7, 11) is 0. The molecule has 0 saturated heterocycles. The molecule has 0 saturated carbocycles. The Bertz CT molecular complexity index is 465. The summed E-state index contributed by atoms with van der Waals surface area (Å²) in [5.41, 5.74) is 1.18. The van der Waals surface area contributed by atoms with E-state index in [4.69, 9.17) is 5.11 Å². The third-order valence-electron chi connectivity index (χ3n) is 2.98. The number of carboxylic acids is 1. The van der Waals surface area contributed by atoms with Crippen molar-refractivity contribution in [2.75, 3.05) is 0 Å². The Morgan fingerprint density at radius 2 is 2.05 bits per heavy atom. The number of carbonyl (C=O) groups is 2. The number of amides is 1. The van der Waals surface area contributed by atoms with Gasteiger partial charge in [0.2, 0.25) is 0 Å². The van der Waals surface area contributed by atoms with E-state index in [0.29, 0.717) is 4.88 Å². The van der Waals surface area contributed by atoms with Crippen LogP contribution in [0.2, 0.25) is 0 Å². The molecule has 19 heavy (non-hydrogen) atoms. The van der Waals surface area contributed by atoms with Gasteiger partial charge in [-0.15, -0.1) is 11.3 Å². The molecule has 5 heteroatoms. The summed E-state index contributed by atoms with van der Waals surface area (Å²) in [5, 5.41) is 11.7. The lowest BCUT2D eigenvalue weighted by Crippen LogP contribution is -2.44. The SMILES string of the molecule is CCCc1cc(C(=O)N[C@H](C(=O)O)C(C)C)sc1C. The minimum Gasteiger partial charge on any atom is -0.480 e. The zero-order valence-electron chi connectivity index (χ0n) is 11.8. The van der Waals surface area contributed by atoms with E-state index in [2.05, 4.69) is 12.2 Å². The minimum atomic E-state index is -0.995. The Balaban J connectivity index is 2.83. The highest BCUT2D eigenvalue weighted by Gasteiger charge is 2.24. The lowest BCUT2D eigenvalue weighted by atomic mass is 10.0. The first-order valence-corrected chi connectivity index (χ1v) is 7.31. The predicted molar refractivity (Wildman–Crippen MR) is 76.8 cm³/mol. The number of hydrogen-bond donors (Lipinski definition) is 2. The van der Waals surface area contributed by atoms with Crippen LogP contribution in [0.4, 0.5) is 0 Å². The number of nitrogens with one attached hydrogen (secondary N) is 1. The summed E-state index contributed by atoms with van der Waals surface area (Å²) >= 11 is 1.42. The molecular weight excluding hydrogens is 262 g/mol. The van der Waals surface area contributed by atoms with E-state index in [1.54, 1.807) is 13.8 Å². The molecule has 0 radical (unpaired) electrons. The molecule has 1 aromatic heterocycles. The van der Waals surface area contributed by atoms with Crippen LogP contribution in [0.25, 0.3) is 0 Å². The molecule has 0 aromatic carbocycles. The summed E-state index contributed by atoms with van der Waals surface area (Å²) in [6.07, 6.45) is 1.98. The molecule has 0 fully saturated rings. The molecule has 106 valence electrons. The number of carboxylic acid groups (broad SMARTS) is 1. The predicted octanol–water partition coefficient (Wildman–Crippen LogP) is 2.85. The molecule has 1 rings (SSSR count).